The molecule has 122 valence electrons. The Morgan fingerprint density at radius 1 is 1.22 bits per heavy atom. The first kappa shape index (κ1) is 17.3. The molecule has 0 saturated carbocycles. The second-order valence-corrected chi connectivity index (χ2v) is 6.77. The SMILES string of the molecule is C[C@@H](Oc1cccc(Cl)c1)C(=O)Nc1ccc(S(N)(=O)=O)cc1. The van der Waals surface area contributed by atoms with Crippen LogP contribution in [0.4, 0.5) is 5.69 Å². The van der Waals surface area contributed by atoms with E-state index < -0.39 is 16.1 Å². The highest BCUT2D eigenvalue weighted by Gasteiger charge is 2.15. The number of nitrogens with one attached hydrogen (secondary N) is 1. The maximum atomic E-state index is 12.1. The maximum absolute atomic E-state index is 12.1. The molecule has 23 heavy (non-hydrogen) atoms. The molecular weight excluding hydrogens is 340 g/mol. The summed E-state index contributed by atoms with van der Waals surface area (Å²) in [5.74, 6) is 0.0954. The van der Waals surface area contributed by atoms with Crippen molar-refractivity contribution in [1.82, 2.24) is 0 Å². The number of carbonyl (C=O) groups is 1. The van der Waals surface area contributed by atoms with Gasteiger partial charge in [0.05, 0.1) is 4.90 Å². The van der Waals surface area contributed by atoms with E-state index in [-0.39, 0.29) is 10.8 Å². The Bertz CT molecular complexity index is 806. The molecule has 2 aromatic rings. The van der Waals surface area contributed by atoms with Crippen LogP contribution in [0.1, 0.15) is 6.92 Å². The van der Waals surface area contributed by atoms with Crippen LogP contribution in [0.25, 0.3) is 0 Å². The Hall–Kier alpha value is -2.09. The normalized spacial score (nSPS) is 12.5. The van der Waals surface area contributed by atoms with E-state index >= 15 is 0 Å². The van der Waals surface area contributed by atoms with Gasteiger partial charge in [-0.3, -0.25) is 4.79 Å². The fraction of sp³-hybridized carbons (Fsp3) is 0.133. The second-order valence-electron chi connectivity index (χ2n) is 4.78. The van der Waals surface area contributed by atoms with Gasteiger partial charge in [-0.25, -0.2) is 13.6 Å². The number of primary sulfonamides is 1. The number of anilines is 1. The highest BCUT2D eigenvalue weighted by molar-refractivity contribution is 7.89. The Morgan fingerprint density at radius 3 is 2.43 bits per heavy atom. The lowest BCUT2D eigenvalue weighted by atomic mass is 10.3. The Balaban J connectivity index is 2.01. The molecule has 0 radical (unpaired) electrons. The molecule has 6 nitrogen and oxygen atoms in total. The van der Waals surface area contributed by atoms with Gasteiger partial charge >= 0.3 is 0 Å². The summed E-state index contributed by atoms with van der Waals surface area (Å²) in [5.41, 5.74) is 0.434. The van der Waals surface area contributed by atoms with Gasteiger partial charge in [-0.05, 0) is 49.4 Å². The van der Waals surface area contributed by atoms with E-state index in [0.717, 1.165) is 0 Å². The smallest absolute Gasteiger partial charge is 0.265 e. The average Bonchev–Trinajstić information content (AvgIpc) is 2.46. The van der Waals surface area contributed by atoms with Crippen LogP contribution in [-0.2, 0) is 14.8 Å². The number of ether oxygens (including phenoxy) is 1. The Labute approximate surface area is 139 Å². The summed E-state index contributed by atoms with van der Waals surface area (Å²) in [7, 11) is -3.76. The van der Waals surface area contributed by atoms with Crippen molar-refractivity contribution < 1.29 is 17.9 Å². The number of rotatable bonds is 5. The van der Waals surface area contributed by atoms with Crippen LogP contribution in [0, 0.1) is 0 Å². The Morgan fingerprint density at radius 2 is 1.87 bits per heavy atom. The van der Waals surface area contributed by atoms with E-state index in [1.807, 2.05) is 0 Å². The minimum atomic E-state index is -3.76. The molecule has 0 aliphatic rings. The molecule has 0 aliphatic carbocycles. The van der Waals surface area contributed by atoms with E-state index in [9.17, 15) is 13.2 Å². The van der Waals surface area contributed by atoms with Crippen molar-refractivity contribution in [3.63, 3.8) is 0 Å². The molecule has 0 bridgehead atoms. The molecule has 0 unspecified atom stereocenters. The number of nitrogens with two attached hydrogens (primary N) is 1. The van der Waals surface area contributed by atoms with Gasteiger partial charge in [0, 0.05) is 10.7 Å². The van der Waals surface area contributed by atoms with E-state index in [4.69, 9.17) is 21.5 Å². The van der Waals surface area contributed by atoms with Crippen molar-refractivity contribution in [3.05, 3.63) is 53.6 Å². The largest absolute Gasteiger partial charge is 0.481 e. The van der Waals surface area contributed by atoms with Gasteiger partial charge in [0.25, 0.3) is 5.91 Å². The van der Waals surface area contributed by atoms with E-state index in [1.54, 1.807) is 31.2 Å². The first-order valence-electron chi connectivity index (χ1n) is 6.61. The van der Waals surface area contributed by atoms with E-state index in [0.29, 0.717) is 16.5 Å². The van der Waals surface area contributed by atoms with Crippen LogP contribution >= 0.6 is 11.6 Å². The minimum absolute atomic E-state index is 0.0290. The van der Waals surface area contributed by atoms with Crippen LogP contribution < -0.4 is 15.2 Å². The third kappa shape index (κ3) is 4.95. The summed E-state index contributed by atoms with van der Waals surface area (Å²) in [6.07, 6.45) is -0.758. The van der Waals surface area contributed by atoms with Crippen LogP contribution in [-0.4, -0.2) is 20.4 Å². The number of sulfonamides is 1. The lowest BCUT2D eigenvalue weighted by Crippen LogP contribution is -2.30. The fourth-order valence-electron chi connectivity index (χ4n) is 1.77. The molecule has 0 aliphatic heterocycles. The molecule has 2 rings (SSSR count). The molecule has 0 saturated heterocycles. The van der Waals surface area contributed by atoms with Crippen LogP contribution in [0.15, 0.2) is 53.4 Å². The third-order valence-corrected chi connectivity index (χ3v) is 4.09. The van der Waals surface area contributed by atoms with Gasteiger partial charge in [-0.15, -0.1) is 0 Å². The number of benzene rings is 2. The highest BCUT2D eigenvalue weighted by atomic mass is 35.5. The minimum Gasteiger partial charge on any atom is -0.481 e. The second kappa shape index (κ2) is 6.99. The van der Waals surface area contributed by atoms with Gasteiger partial charge in [0.1, 0.15) is 5.75 Å². The van der Waals surface area contributed by atoms with E-state index in [2.05, 4.69) is 5.32 Å². The van der Waals surface area contributed by atoms with Crippen molar-refractivity contribution in [1.29, 1.82) is 0 Å². The van der Waals surface area contributed by atoms with Crippen molar-refractivity contribution in [2.24, 2.45) is 5.14 Å². The molecule has 3 N–H and O–H groups in total. The molecule has 2 aromatic carbocycles. The topological polar surface area (TPSA) is 98.5 Å². The molecule has 1 amide bonds. The molecule has 0 heterocycles. The van der Waals surface area contributed by atoms with Gasteiger partial charge in [0.2, 0.25) is 10.0 Å². The number of carbonyl (C=O) groups excluding carboxylic acids is 1. The third-order valence-electron chi connectivity index (χ3n) is 2.93. The summed E-state index contributed by atoms with van der Waals surface area (Å²) in [6, 6.07) is 12.2. The zero-order chi connectivity index (χ0) is 17.0. The molecule has 8 heteroatoms. The Kier molecular flexibility index (Phi) is 5.25. The molecular formula is C15H15ClN2O4S. The predicted octanol–water partition coefficient (Wildman–Crippen LogP) is 2.39. The summed E-state index contributed by atoms with van der Waals surface area (Å²) >= 11 is 5.85. The number of hydrogen-bond donors (Lipinski definition) is 2. The quantitative estimate of drug-likeness (QED) is 0.861. The zero-order valence-corrected chi connectivity index (χ0v) is 13.8. The molecule has 1 atom stereocenters. The molecule has 0 fully saturated rings. The first-order valence-corrected chi connectivity index (χ1v) is 8.54. The van der Waals surface area contributed by atoms with Crippen LogP contribution in [0.2, 0.25) is 5.02 Å². The van der Waals surface area contributed by atoms with Gasteiger partial charge in [-0.1, -0.05) is 17.7 Å². The highest BCUT2D eigenvalue weighted by Crippen LogP contribution is 2.19. The lowest BCUT2D eigenvalue weighted by molar-refractivity contribution is -0.122. The van der Waals surface area contributed by atoms with Crippen LogP contribution in [0.5, 0.6) is 5.75 Å². The van der Waals surface area contributed by atoms with Crippen molar-refractivity contribution >= 4 is 33.2 Å². The standard InChI is InChI=1S/C15H15ClN2O4S/c1-10(22-13-4-2-3-11(16)9-13)15(19)18-12-5-7-14(8-6-12)23(17,20)21/h2-10H,1H3,(H,18,19)(H2,17,20,21)/t10-/m1/s1. The van der Waals surface area contributed by atoms with Crippen molar-refractivity contribution in [3.8, 4) is 5.75 Å². The lowest BCUT2D eigenvalue weighted by Gasteiger charge is -2.15. The average molecular weight is 355 g/mol. The summed E-state index contributed by atoms with van der Waals surface area (Å²) in [5, 5.41) is 8.14. The molecule has 0 aromatic heterocycles. The molecule has 0 spiro atoms. The van der Waals surface area contributed by atoms with Gasteiger partial charge < -0.3 is 10.1 Å². The van der Waals surface area contributed by atoms with Gasteiger partial charge in [0.15, 0.2) is 6.10 Å². The van der Waals surface area contributed by atoms with Crippen molar-refractivity contribution in [2.75, 3.05) is 5.32 Å². The fourth-order valence-corrected chi connectivity index (χ4v) is 2.47. The van der Waals surface area contributed by atoms with Crippen molar-refractivity contribution in [2.45, 2.75) is 17.9 Å². The zero-order valence-electron chi connectivity index (χ0n) is 12.2. The summed E-state index contributed by atoms with van der Waals surface area (Å²) in [6.45, 7) is 1.59. The maximum Gasteiger partial charge on any atom is 0.265 e. The summed E-state index contributed by atoms with van der Waals surface area (Å²) in [4.78, 5) is 12.0. The van der Waals surface area contributed by atoms with Crippen LogP contribution in [0.3, 0.4) is 0 Å². The predicted molar refractivity (Wildman–Crippen MR) is 88.0 cm³/mol. The van der Waals surface area contributed by atoms with E-state index in [1.165, 1.54) is 24.3 Å². The number of hydrogen-bond acceptors (Lipinski definition) is 4. The van der Waals surface area contributed by atoms with Gasteiger partial charge in [-0.2, -0.15) is 0 Å². The first-order chi connectivity index (χ1) is 10.8. The number of halogens is 1. The summed E-state index contributed by atoms with van der Waals surface area (Å²) < 4.78 is 27.8. The number of amides is 1. The monoisotopic (exact) mass is 354 g/mol.